The van der Waals surface area contributed by atoms with E-state index in [1.807, 2.05) is 0 Å². The third-order valence-electron chi connectivity index (χ3n) is 2.64. The van der Waals surface area contributed by atoms with Crippen LogP contribution in [0.5, 0.6) is 0 Å². The van der Waals surface area contributed by atoms with Crippen molar-refractivity contribution in [1.82, 2.24) is 0 Å². The number of rotatable bonds is 2. The summed E-state index contributed by atoms with van der Waals surface area (Å²) in [4.78, 5) is 11.2. The summed E-state index contributed by atoms with van der Waals surface area (Å²) < 4.78 is 5.94. The van der Waals surface area contributed by atoms with Gasteiger partial charge in [0.2, 0.25) is 0 Å². The Morgan fingerprint density at radius 2 is 2.08 bits per heavy atom. The first kappa shape index (κ1) is 8.45. The molecule has 0 amide bonds. The largest absolute Gasteiger partial charge is 0.414 e. The van der Waals surface area contributed by atoms with Crippen LogP contribution in [0.3, 0.4) is 0 Å². The van der Waals surface area contributed by atoms with E-state index in [0.29, 0.717) is 24.0 Å². The summed E-state index contributed by atoms with van der Waals surface area (Å²) >= 11 is 0. The van der Waals surface area contributed by atoms with Gasteiger partial charge in [-0.1, -0.05) is 0 Å². The van der Waals surface area contributed by atoms with E-state index >= 15 is 0 Å². The van der Waals surface area contributed by atoms with Gasteiger partial charge in [-0.2, -0.15) is 0 Å². The molecule has 2 aliphatic carbocycles. The molecule has 0 heterocycles. The van der Waals surface area contributed by atoms with Crippen LogP contribution in [0.15, 0.2) is 0 Å². The van der Waals surface area contributed by atoms with Gasteiger partial charge in [0.15, 0.2) is 8.32 Å². The first-order valence-electron chi connectivity index (χ1n) is 4.68. The molecule has 2 saturated carbocycles. The van der Waals surface area contributed by atoms with Gasteiger partial charge in [0.05, 0.1) is 6.10 Å². The Balaban J connectivity index is 1.95. The molecular weight excluding hydrogens is 168 g/mol. The average molecular weight is 184 g/mol. The molecule has 68 valence electrons. The van der Waals surface area contributed by atoms with E-state index in [0.717, 1.165) is 6.42 Å². The second kappa shape index (κ2) is 2.42. The third-order valence-corrected chi connectivity index (χ3v) is 3.65. The van der Waals surface area contributed by atoms with Gasteiger partial charge in [-0.3, -0.25) is 4.79 Å². The summed E-state index contributed by atoms with van der Waals surface area (Å²) in [5.41, 5.74) is 0. The van der Waals surface area contributed by atoms with Crippen molar-refractivity contribution in [3.8, 4) is 0 Å². The zero-order valence-corrected chi connectivity index (χ0v) is 8.96. The quantitative estimate of drug-likeness (QED) is 0.612. The molecule has 0 aromatic rings. The van der Waals surface area contributed by atoms with Crippen molar-refractivity contribution in [3.05, 3.63) is 0 Å². The number of hydrogen-bond acceptors (Lipinski definition) is 2. The average Bonchev–Trinajstić information content (AvgIpc) is 2.54. The predicted octanol–water partition coefficient (Wildman–Crippen LogP) is 1.82. The summed E-state index contributed by atoms with van der Waals surface area (Å²) in [6.45, 7) is 6.56. The minimum absolute atomic E-state index is 0.286. The highest BCUT2D eigenvalue weighted by Crippen LogP contribution is 2.51. The lowest BCUT2D eigenvalue weighted by atomic mass is 10.2. The molecule has 0 aliphatic heterocycles. The van der Waals surface area contributed by atoms with Gasteiger partial charge in [0.1, 0.15) is 5.78 Å². The van der Waals surface area contributed by atoms with Crippen molar-refractivity contribution in [2.24, 2.45) is 11.8 Å². The first-order chi connectivity index (χ1) is 5.47. The lowest BCUT2D eigenvalue weighted by Crippen LogP contribution is -2.32. The van der Waals surface area contributed by atoms with Gasteiger partial charge in [-0.05, 0) is 32.0 Å². The lowest BCUT2D eigenvalue weighted by Gasteiger charge is -2.23. The van der Waals surface area contributed by atoms with Crippen LogP contribution >= 0.6 is 0 Å². The number of carbonyl (C=O) groups is 1. The van der Waals surface area contributed by atoms with Gasteiger partial charge in [0.25, 0.3) is 0 Å². The lowest BCUT2D eigenvalue weighted by molar-refractivity contribution is -0.119. The Hall–Kier alpha value is -0.153. The number of fused-ring (bicyclic) bond motifs is 1. The normalized spacial score (nSPS) is 39.9. The minimum Gasteiger partial charge on any atom is -0.414 e. The van der Waals surface area contributed by atoms with Crippen LogP contribution in [0, 0.1) is 11.8 Å². The summed E-state index contributed by atoms with van der Waals surface area (Å²) in [5, 5.41) is 0. The van der Waals surface area contributed by atoms with Crippen molar-refractivity contribution >= 4 is 14.1 Å². The van der Waals surface area contributed by atoms with Crippen LogP contribution < -0.4 is 0 Å². The Morgan fingerprint density at radius 3 is 2.42 bits per heavy atom. The van der Waals surface area contributed by atoms with Crippen LogP contribution in [0.25, 0.3) is 0 Å². The summed E-state index contributed by atoms with van der Waals surface area (Å²) in [6.07, 6.45) is 2.09. The van der Waals surface area contributed by atoms with Crippen LogP contribution in [-0.2, 0) is 9.22 Å². The fraction of sp³-hybridized carbons (Fsp3) is 0.889. The van der Waals surface area contributed by atoms with Crippen LogP contribution in [0.1, 0.15) is 12.8 Å². The second-order valence-corrected chi connectivity index (χ2v) is 9.41. The number of carbonyl (C=O) groups excluding carboxylic acids is 1. The Labute approximate surface area is 74.4 Å². The monoisotopic (exact) mass is 184 g/mol. The molecule has 0 aromatic heterocycles. The van der Waals surface area contributed by atoms with Crippen molar-refractivity contribution in [2.45, 2.75) is 38.6 Å². The van der Waals surface area contributed by atoms with E-state index in [4.69, 9.17) is 4.43 Å². The molecule has 2 nitrogen and oxygen atoms in total. The molecule has 0 spiro atoms. The number of hydrogen-bond donors (Lipinski definition) is 0. The molecule has 0 radical (unpaired) electrons. The second-order valence-electron chi connectivity index (χ2n) is 4.95. The van der Waals surface area contributed by atoms with E-state index in [2.05, 4.69) is 19.6 Å². The molecule has 0 bridgehead atoms. The maximum Gasteiger partial charge on any atom is 0.184 e. The standard InChI is InChI=1S/C9H16O2Si/c1-12(2,3)11-9-5-8(10)6-4-7(6)9/h6-7,9H,4-5H2,1-3H3. The van der Waals surface area contributed by atoms with E-state index < -0.39 is 8.32 Å². The highest BCUT2D eigenvalue weighted by Gasteiger charge is 2.55. The summed E-state index contributed by atoms with van der Waals surface area (Å²) in [7, 11) is -1.42. The van der Waals surface area contributed by atoms with Crippen LogP contribution in [0.2, 0.25) is 19.6 Å². The molecule has 3 unspecified atom stereocenters. The first-order valence-corrected chi connectivity index (χ1v) is 8.09. The Bertz CT molecular complexity index is 219. The molecule has 12 heavy (non-hydrogen) atoms. The summed E-state index contributed by atoms with van der Waals surface area (Å²) in [5.74, 6) is 1.44. The van der Waals surface area contributed by atoms with Gasteiger partial charge in [-0.25, -0.2) is 0 Å². The zero-order chi connectivity index (χ0) is 8.93. The SMILES string of the molecule is C[Si](C)(C)OC1CC(=O)C2CC12. The van der Waals surface area contributed by atoms with Crippen LogP contribution in [0.4, 0.5) is 0 Å². The summed E-state index contributed by atoms with van der Waals surface area (Å²) in [6, 6.07) is 0. The van der Waals surface area contributed by atoms with Gasteiger partial charge < -0.3 is 4.43 Å². The molecule has 2 aliphatic rings. The van der Waals surface area contributed by atoms with E-state index in [1.54, 1.807) is 0 Å². The Kier molecular flexibility index (Phi) is 1.70. The smallest absolute Gasteiger partial charge is 0.184 e. The van der Waals surface area contributed by atoms with Gasteiger partial charge in [-0.15, -0.1) is 0 Å². The van der Waals surface area contributed by atoms with Gasteiger partial charge >= 0.3 is 0 Å². The topological polar surface area (TPSA) is 26.3 Å². The van der Waals surface area contributed by atoms with E-state index in [9.17, 15) is 4.79 Å². The fourth-order valence-electron chi connectivity index (χ4n) is 2.08. The fourth-order valence-corrected chi connectivity index (χ4v) is 3.25. The molecule has 2 fully saturated rings. The van der Waals surface area contributed by atoms with Crippen molar-refractivity contribution in [1.29, 1.82) is 0 Å². The highest BCUT2D eigenvalue weighted by atomic mass is 28.4. The molecule has 2 rings (SSSR count). The van der Waals surface area contributed by atoms with Crippen molar-refractivity contribution < 1.29 is 9.22 Å². The highest BCUT2D eigenvalue weighted by molar-refractivity contribution is 6.69. The molecule has 0 saturated heterocycles. The number of Topliss-reactive ketones (excluding diaryl/α,β-unsaturated/α-hetero) is 1. The zero-order valence-electron chi connectivity index (χ0n) is 7.96. The maximum absolute atomic E-state index is 11.2. The van der Waals surface area contributed by atoms with E-state index in [1.165, 1.54) is 0 Å². The molecule has 3 heteroatoms. The molecular formula is C9H16O2Si. The molecule has 0 N–H and O–H groups in total. The Morgan fingerprint density at radius 1 is 1.42 bits per heavy atom. The van der Waals surface area contributed by atoms with Crippen molar-refractivity contribution in [3.63, 3.8) is 0 Å². The minimum atomic E-state index is -1.42. The van der Waals surface area contributed by atoms with Crippen LogP contribution in [-0.4, -0.2) is 20.2 Å². The van der Waals surface area contributed by atoms with Gasteiger partial charge in [0, 0.05) is 12.3 Å². The predicted molar refractivity (Wildman–Crippen MR) is 49.4 cm³/mol. The maximum atomic E-state index is 11.2. The number of ketones is 1. The van der Waals surface area contributed by atoms with Crippen molar-refractivity contribution in [2.75, 3.05) is 0 Å². The molecule has 0 aromatic carbocycles. The third kappa shape index (κ3) is 1.48. The van der Waals surface area contributed by atoms with E-state index in [-0.39, 0.29) is 6.10 Å². The molecule has 3 atom stereocenters.